The third kappa shape index (κ3) is 12.6. The lowest BCUT2D eigenvalue weighted by Gasteiger charge is -2.38. The number of nitrogens with zero attached hydrogens (tertiary/aromatic N) is 2. The lowest BCUT2D eigenvalue weighted by atomic mass is 9.86. The predicted molar refractivity (Wildman–Crippen MR) is 170 cm³/mol. The third-order valence-corrected chi connectivity index (χ3v) is 8.48. The van der Waals surface area contributed by atoms with E-state index in [1.807, 2.05) is 0 Å². The van der Waals surface area contributed by atoms with Gasteiger partial charge >= 0.3 is 0 Å². The summed E-state index contributed by atoms with van der Waals surface area (Å²) in [4.78, 5) is 17.6. The average Bonchev–Trinajstić information content (AvgIpc) is 2.89. The van der Waals surface area contributed by atoms with Gasteiger partial charge in [-0.3, -0.25) is 4.79 Å². The molecule has 4 atom stereocenters. The Hall–Kier alpha value is -1.65. The molecule has 0 radical (unpaired) electrons. The summed E-state index contributed by atoms with van der Waals surface area (Å²) in [5.41, 5.74) is 2.76. The van der Waals surface area contributed by atoms with E-state index in [0.29, 0.717) is 23.9 Å². The summed E-state index contributed by atoms with van der Waals surface area (Å²) >= 11 is 0. The standard InChI is InChI=1S/C35H61N3O/c1-9-10-14-30(18-17-27(2)3)24-32(36-26-31-19-21-33(22-20-31)37(7)8)25-35(23-28(4)5)38(29(6)39)34-15-12-11-13-16-34/h10-12,14-15,19,27-28,30,32-33,35-36H,9,13,16-18,20-26H2,1-8H3. The van der Waals surface area contributed by atoms with Crippen LogP contribution in [0.3, 0.4) is 0 Å². The van der Waals surface area contributed by atoms with Crippen molar-refractivity contribution in [2.75, 3.05) is 20.6 Å². The molecule has 0 aliphatic heterocycles. The van der Waals surface area contributed by atoms with E-state index in [-0.39, 0.29) is 11.9 Å². The quantitative estimate of drug-likeness (QED) is 0.189. The lowest BCUT2D eigenvalue weighted by Crippen LogP contribution is -2.45. The van der Waals surface area contributed by atoms with Gasteiger partial charge in [0.1, 0.15) is 0 Å². The number of hydrogen-bond donors (Lipinski definition) is 1. The number of carbonyl (C=O) groups is 1. The van der Waals surface area contributed by atoms with Crippen LogP contribution in [0.1, 0.15) is 112 Å². The zero-order chi connectivity index (χ0) is 28.8. The van der Waals surface area contributed by atoms with Gasteiger partial charge in [-0.1, -0.05) is 77.0 Å². The van der Waals surface area contributed by atoms with E-state index in [1.165, 1.54) is 31.4 Å². The second kappa shape index (κ2) is 17.9. The molecule has 0 spiro atoms. The molecule has 0 saturated carbocycles. The third-order valence-electron chi connectivity index (χ3n) is 8.48. The highest BCUT2D eigenvalue weighted by atomic mass is 16.2. The Kier molecular flexibility index (Phi) is 15.4. The predicted octanol–water partition coefficient (Wildman–Crippen LogP) is 8.28. The molecule has 0 aromatic carbocycles. The molecule has 0 aromatic heterocycles. The molecular weight excluding hydrogens is 478 g/mol. The van der Waals surface area contributed by atoms with E-state index in [2.05, 4.69) is 100 Å². The van der Waals surface area contributed by atoms with Crippen LogP contribution in [-0.2, 0) is 4.79 Å². The molecular formula is C35H61N3O. The first-order valence-corrected chi connectivity index (χ1v) is 16.0. The Balaban J connectivity index is 2.28. The smallest absolute Gasteiger partial charge is 0.223 e. The van der Waals surface area contributed by atoms with Crippen LogP contribution in [0.15, 0.2) is 47.7 Å². The fraction of sp³-hybridized carbons (Fsp3) is 0.743. The highest BCUT2D eigenvalue weighted by Gasteiger charge is 2.29. The first-order valence-electron chi connectivity index (χ1n) is 16.0. The van der Waals surface area contributed by atoms with Crippen LogP contribution < -0.4 is 5.32 Å². The molecule has 1 amide bonds. The van der Waals surface area contributed by atoms with Crippen molar-refractivity contribution in [1.82, 2.24) is 15.1 Å². The molecule has 222 valence electrons. The van der Waals surface area contributed by atoms with Gasteiger partial charge in [-0.15, -0.1) is 0 Å². The second-order valence-electron chi connectivity index (χ2n) is 13.2. The van der Waals surface area contributed by atoms with Crippen LogP contribution >= 0.6 is 0 Å². The van der Waals surface area contributed by atoms with Gasteiger partial charge in [0.25, 0.3) is 0 Å². The molecule has 0 fully saturated rings. The van der Waals surface area contributed by atoms with Crippen LogP contribution in [0.2, 0.25) is 0 Å². The van der Waals surface area contributed by atoms with Crippen molar-refractivity contribution >= 4 is 5.91 Å². The van der Waals surface area contributed by atoms with Crippen LogP contribution in [0.4, 0.5) is 0 Å². The summed E-state index contributed by atoms with van der Waals surface area (Å²) in [5.74, 6) is 2.02. The SMILES string of the molecule is CCC=CC(CCC(C)C)CC(CC(CC(C)C)N(C(C)=O)C1=CC=CCC1)NCC1=CCC(N(C)C)CC1. The fourth-order valence-corrected chi connectivity index (χ4v) is 6.24. The van der Waals surface area contributed by atoms with Gasteiger partial charge in [-0.2, -0.15) is 0 Å². The molecule has 4 nitrogen and oxygen atoms in total. The van der Waals surface area contributed by atoms with Gasteiger partial charge in [0, 0.05) is 37.3 Å². The molecule has 0 saturated heterocycles. The van der Waals surface area contributed by atoms with Crippen molar-refractivity contribution in [3.05, 3.63) is 47.7 Å². The highest BCUT2D eigenvalue weighted by molar-refractivity contribution is 5.76. The second-order valence-corrected chi connectivity index (χ2v) is 13.2. The van der Waals surface area contributed by atoms with Crippen LogP contribution in [-0.4, -0.2) is 54.5 Å². The van der Waals surface area contributed by atoms with E-state index in [4.69, 9.17) is 0 Å². The molecule has 0 bridgehead atoms. The van der Waals surface area contributed by atoms with Gasteiger partial charge in [-0.25, -0.2) is 0 Å². The summed E-state index contributed by atoms with van der Waals surface area (Å²) in [5, 5.41) is 4.04. The van der Waals surface area contributed by atoms with Gasteiger partial charge in [0.05, 0.1) is 0 Å². The maximum absolute atomic E-state index is 13.1. The first-order chi connectivity index (χ1) is 18.6. The molecule has 0 heterocycles. The summed E-state index contributed by atoms with van der Waals surface area (Å²) in [6.45, 7) is 14.2. The minimum Gasteiger partial charge on any atom is -0.313 e. The number of allylic oxidation sites excluding steroid dienone is 6. The van der Waals surface area contributed by atoms with Crippen LogP contribution in [0.5, 0.6) is 0 Å². The lowest BCUT2D eigenvalue weighted by molar-refractivity contribution is -0.129. The summed E-state index contributed by atoms with van der Waals surface area (Å²) in [7, 11) is 4.40. The first kappa shape index (κ1) is 33.6. The highest BCUT2D eigenvalue weighted by Crippen LogP contribution is 2.29. The zero-order valence-electron chi connectivity index (χ0n) is 26.7. The Bertz CT molecular complexity index is 835. The monoisotopic (exact) mass is 539 g/mol. The number of amides is 1. The van der Waals surface area contributed by atoms with E-state index in [0.717, 1.165) is 57.4 Å². The molecule has 0 aromatic rings. The number of rotatable bonds is 17. The van der Waals surface area contributed by atoms with Crippen molar-refractivity contribution in [3.8, 4) is 0 Å². The van der Waals surface area contributed by atoms with Crippen LogP contribution in [0, 0.1) is 17.8 Å². The Morgan fingerprint density at radius 2 is 1.85 bits per heavy atom. The Morgan fingerprint density at radius 1 is 1.08 bits per heavy atom. The Morgan fingerprint density at radius 3 is 2.38 bits per heavy atom. The molecule has 39 heavy (non-hydrogen) atoms. The summed E-state index contributed by atoms with van der Waals surface area (Å²) in [6.07, 6.45) is 26.2. The molecule has 1 N–H and O–H groups in total. The van der Waals surface area contributed by atoms with E-state index in [9.17, 15) is 4.79 Å². The maximum atomic E-state index is 13.1. The van der Waals surface area contributed by atoms with Gasteiger partial charge < -0.3 is 15.1 Å². The van der Waals surface area contributed by atoms with E-state index in [1.54, 1.807) is 12.5 Å². The fourth-order valence-electron chi connectivity index (χ4n) is 6.24. The minimum absolute atomic E-state index is 0.188. The normalized spacial score (nSPS) is 20.4. The molecule has 2 rings (SSSR count). The maximum Gasteiger partial charge on any atom is 0.223 e. The van der Waals surface area contributed by atoms with Crippen molar-refractivity contribution in [2.45, 2.75) is 130 Å². The number of carbonyl (C=O) groups excluding carboxylic acids is 1. The van der Waals surface area contributed by atoms with Crippen molar-refractivity contribution in [1.29, 1.82) is 0 Å². The molecule has 2 aliphatic carbocycles. The average molecular weight is 540 g/mol. The molecule has 4 heteroatoms. The van der Waals surface area contributed by atoms with Crippen molar-refractivity contribution in [2.24, 2.45) is 17.8 Å². The summed E-state index contributed by atoms with van der Waals surface area (Å²) < 4.78 is 0. The van der Waals surface area contributed by atoms with Gasteiger partial charge in [-0.05, 0) is 102 Å². The van der Waals surface area contributed by atoms with Gasteiger partial charge in [0.2, 0.25) is 5.91 Å². The summed E-state index contributed by atoms with van der Waals surface area (Å²) in [6, 6.07) is 1.26. The van der Waals surface area contributed by atoms with E-state index >= 15 is 0 Å². The topological polar surface area (TPSA) is 35.6 Å². The largest absolute Gasteiger partial charge is 0.313 e. The molecule has 2 aliphatic rings. The zero-order valence-corrected chi connectivity index (χ0v) is 26.7. The number of nitrogens with one attached hydrogen (secondary N) is 1. The van der Waals surface area contributed by atoms with Gasteiger partial charge in [0.15, 0.2) is 0 Å². The van der Waals surface area contributed by atoms with E-state index < -0.39 is 0 Å². The number of hydrogen-bond acceptors (Lipinski definition) is 3. The minimum atomic E-state index is 0.188. The van der Waals surface area contributed by atoms with Crippen molar-refractivity contribution < 1.29 is 4.79 Å². The van der Waals surface area contributed by atoms with Crippen molar-refractivity contribution in [3.63, 3.8) is 0 Å². The Labute approximate surface area is 242 Å². The van der Waals surface area contributed by atoms with Crippen LogP contribution in [0.25, 0.3) is 0 Å². The molecule has 4 unspecified atom stereocenters.